The molecule has 1 heterocycles. The lowest BCUT2D eigenvalue weighted by Gasteiger charge is -2.11. The number of para-hydroxylation sites is 1. The van der Waals surface area contributed by atoms with Gasteiger partial charge in [0.1, 0.15) is 5.69 Å². The molecule has 0 aliphatic heterocycles. The van der Waals surface area contributed by atoms with E-state index in [2.05, 4.69) is 12.2 Å². The number of nitrogens with one attached hydrogen (secondary N) is 1. The zero-order valence-corrected chi connectivity index (χ0v) is 14.3. The second-order valence-electron chi connectivity index (χ2n) is 5.74. The Bertz CT molecular complexity index is 868. The molecule has 0 spiro atoms. The summed E-state index contributed by atoms with van der Waals surface area (Å²) in [7, 11) is 0. The van der Waals surface area contributed by atoms with Crippen LogP contribution in [0.3, 0.4) is 0 Å². The summed E-state index contributed by atoms with van der Waals surface area (Å²) < 4.78 is 2.00. The molecule has 0 radical (unpaired) electrons. The molecule has 0 aliphatic rings. The van der Waals surface area contributed by atoms with Gasteiger partial charge in [-0.05, 0) is 30.2 Å². The Hall–Kier alpha value is -2.46. The topological polar surface area (TPSA) is 60.0 Å². The summed E-state index contributed by atoms with van der Waals surface area (Å²) in [6, 6.07) is 15.3. The standard InChI is InChI=1S/C19H20ClN3O/c1-2-11-23-16-6-4-3-5-15(16)17(21)18(23)19(24)22-12-13-7-9-14(20)10-8-13/h3-10H,2,11-12,21H2,1H3,(H,22,24). The third kappa shape index (κ3) is 3.10. The van der Waals surface area contributed by atoms with Crippen molar-refractivity contribution in [1.82, 2.24) is 9.88 Å². The Morgan fingerprint density at radius 2 is 1.88 bits per heavy atom. The molecule has 2 aromatic carbocycles. The SMILES string of the molecule is CCCn1c(C(=O)NCc2ccc(Cl)cc2)c(N)c2ccccc21. The summed E-state index contributed by atoms with van der Waals surface area (Å²) in [6.45, 7) is 3.27. The van der Waals surface area contributed by atoms with E-state index >= 15 is 0 Å². The third-order valence-electron chi connectivity index (χ3n) is 4.04. The largest absolute Gasteiger partial charge is 0.396 e. The maximum atomic E-state index is 12.7. The van der Waals surface area contributed by atoms with Crippen molar-refractivity contribution in [2.24, 2.45) is 0 Å². The number of nitrogens with two attached hydrogens (primary N) is 1. The molecule has 1 aromatic heterocycles. The molecular weight excluding hydrogens is 322 g/mol. The average Bonchev–Trinajstić information content (AvgIpc) is 2.87. The lowest BCUT2D eigenvalue weighted by Crippen LogP contribution is -2.26. The van der Waals surface area contributed by atoms with E-state index < -0.39 is 0 Å². The molecule has 3 N–H and O–H groups in total. The van der Waals surface area contributed by atoms with Gasteiger partial charge in [-0.1, -0.05) is 48.9 Å². The fraction of sp³-hybridized carbons (Fsp3) is 0.211. The van der Waals surface area contributed by atoms with E-state index in [0.717, 1.165) is 29.4 Å². The first kappa shape index (κ1) is 16.4. The van der Waals surface area contributed by atoms with E-state index in [0.29, 0.717) is 22.9 Å². The molecule has 24 heavy (non-hydrogen) atoms. The fourth-order valence-electron chi connectivity index (χ4n) is 2.90. The van der Waals surface area contributed by atoms with Crippen LogP contribution in [0, 0.1) is 0 Å². The second kappa shape index (κ2) is 6.97. The molecule has 3 rings (SSSR count). The minimum atomic E-state index is -0.160. The Balaban J connectivity index is 1.89. The Kier molecular flexibility index (Phi) is 4.76. The molecule has 124 valence electrons. The van der Waals surface area contributed by atoms with Gasteiger partial charge in [-0.3, -0.25) is 4.79 Å². The van der Waals surface area contributed by atoms with Crippen molar-refractivity contribution < 1.29 is 4.79 Å². The third-order valence-corrected chi connectivity index (χ3v) is 4.29. The highest BCUT2D eigenvalue weighted by Gasteiger charge is 2.20. The predicted octanol–water partition coefficient (Wildman–Crippen LogP) is 4.22. The summed E-state index contributed by atoms with van der Waals surface area (Å²) >= 11 is 5.88. The smallest absolute Gasteiger partial charge is 0.270 e. The number of amides is 1. The van der Waals surface area contributed by atoms with E-state index in [1.807, 2.05) is 53.1 Å². The van der Waals surface area contributed by atoms with Gasteiger partial charge in [0.15, 0.2) is 0 Å². The Morgan fingerprint density at radius 1 is 1.17 bits per heavy atom. The number of aryl methyl sites for hydroxylation is 1. The first-order chi connectivity index (χ1) is 11.6. The number of hydrogen-bond donors (Lipinski definition) is 2. The molecule has 4 nitrogen and oxygen atoms in total. The molecule has 0 aliphatic carbocycles. The summed E-state index contributed by atoms with van der Waals surface area (Å²) in [6.07, 6.45) is 0.926. The van der Waals surface area contributed by atoms with E-state index in [-0.39, 0.29) is 5.91 Å². The molecule has 0 fully saturated rings. The van der Waals surface area contributed by atoms with Crippen molar-refractivity contribution in [3.63, 3.8) is 0 Å². The number of nitrogen functional groups attached to an aromatic ring is 1. The van der Waals surface area contributed by atoms with Gasteiger partial charge >= 0.3 is 0 Å². The van der Waals surface area contributed by atoms with Crippen LogP contribution in [0.25, 0.3) is 10.9 Å². The number of rotatable bonds is 5. The minimum Gasteiger partial charge on any atom is -0.396 e. The van der Waals surface area contributed by atoms with Crippen molar-refractivity contribution in [1.29, 1.82) is 0 Å². The molecular formula is C19H20ClN3O. The number of halogens is 1. The maximum absolute atomic E-state index is 12.7. The number of benzene rings is 2. The zero-order valence-electron chi connectivity index (χ0n) is 13.6. The number of aromatic nitrogens is 1. The van der Waals surface area contributed by atoms with E-state index in [1.165, 1.54) is 0 Å². The molecule has 1 amide bonds. The summed E-state index contributed by atoms with van der Waals surface area (Å²) in [5.41, 5.74) is 9.31. The first-order valence-electron chi connectivity index (χ1n) is 8.01. The molecule has 0 saturated carbocycles. The van der Waals surface area contributed by atoms with Crippen LogP contribution in [-0.2, 0) is 13.1 Å². The van der Waals surface area contributed by atoms with Gasteiger partial charge in [-0.2, -0.15) is 0 Å². The molecule has 0 unspecified atom stereocenters. The van der Waals surface area contributed by atoms with Gasteiger partial charge in [0, 0.05) is 23.5 Å². The van der Waals surface area contributed by atoms with Gasteiger partial charge < -0.3 is 15.6 Å². The molecule has 0 bridgehead atoms. The molecule has 3 aromatic rings. The number of hydrogen-bond acceptors (Lipinski definition) is 2. The van der Waals surface area contributed by atoms with Crippen LogP contribution in [0.1, 0.15) is 29.4 Å². The number of carbonyl (C=O) groups excluding carboxylic acids is 1. The van der Waals surface area contributed by atoms with Crippen LogP contribution in [0.4, 0.5) is 5.69 Å². The predicted molar refractivity (Wildman–Crippen MR) is 99.3 cm³/mol. The van der Waals surface area contributed by atoms with Crippen molar-refractivity contribution in [2.75, 3.05) is 5.73 Å². The molecule has 5 heteroatoms. The van der Waals surface area contributed by atoms with Gasteiger partial charge in [-0.25, -0.2) is 0 Å². The highest BCUT2D eigenvalue weighted by Crippen LogP contribution is 2.28. The first-order valence-corrected chi connectivity index (χ1v) is 8.39. The van der Waals surface area contributed by atoms with Crippen LogP contribution in [0.15, 0.2) is 48.5 Å². The van der Waals surface area contributed by atoms with Gasteiger partial charge in [-0.15, -0.1) is 0 Å². The van der Waals surface area contributed by atoms with Crippen molar-refractivity contribution in [2.45, 2.75) is 26.4 Å². The maximum Gasteiger partial charge on any atom is 0.270 e. The Morgan fingerprint density at radius 3 is 2.58 bits per heavy atom. The van der Waals surface area contributed by atoms with Crippen LogP contribution in [0.5, 0.6) is 0 Å². The zero-order chi connectivity index (χ0) is 17.1. The number of nitrogens with zero attached hydrogens (tertiary/aromatic N) is 1. The highest BCUT2D eigenvalue weighted by atomic mass is 35.5. The molecule has 0 atom stereocenters. The minimum absolute atomic E-state index is 0.160. The van der Waals surface area contributed by atoms with Crippen molar-refractivity contribution >= 4 is 34.1 Å². The van der Waals surface area contributed by atoms with Crippen molar-refractivity contribution in [3.05, 3.63) is 64.8 Å². The number of carbonyl (C=O) groups is 1. The van der Waals surface area contributed by atoms with Crippen molar-refractivity contribution in [3.8, 4) is 0 Å². The number of fused-ring (bicyclic) bond motifs is 1. The second-order valence-corrected chi connectivity index (χ2v) is 6.18. The summed E-state index contributed by atoms with van der Waals surface area (Å²) in [5.74, 6) is -0.160. The number of anilines is 1. The molecule has 0 saturated heterocycles. The monoisotopic (exact) mass is 341 g/mol. The Labute approximate surface area is 146 Å². The van der Waals surface area contributed by atoms with Crippen LogP contribution < -0.4 is 11.1 Å². The van der Waals surface area contributed by atoms with E-state index in [9.17, 15) is 4.79 Å². The highest BCUT2D eigenvalue weighted by molar-refractivity contribution is 6.30. The van der Waals surface area contributed by atoms with Crippen LogP contribution in [0.2, 0.25) is 5.02 Å². The van der Waals surface area contributed by atoms with Gasteiger partial charge in [0.25, 0.3) is 5.91 Å². The average molecular weight is 342 g/mol. The lowest BCUT2D eigenvalue weighted by atomic mass is 10.2. The normalized spacial score (nSPS) is 10.9. The van der Waals surface area contributed by atoms with Gasteiger partial charge in [0.2, 0.25) is 0 Å². The summed E-state index contributed by atoms with van der Waals surface area (Å²) in [4.78, 5) is 12.7. The lowest BCUT2D eigenvalue weighted by molar-refractivity contribution is 0.0943. The van der Waals surface area contributed by atoms with E-state index in [4.69, 9.17) is 17.3 Å². The summed E-state index contributed by atoms with van der Waals surface area (Å²) in [5, 5.41) is 4.55. The van der Waals surface area contributed by atoms with Crippen LogP contribution in [-0.4, -0.2) is 10.5 Å². The van der Waals surface area contributed by atoms with Crippen LogP contribution >= 0.6 is 11.6 Å². The fourth-order valence-corrected chi connectivity index (χ4v) is 3.03. The van der Waals surface area contributed by atoms with Gasteiger partial charge in [0.05, 0.1) is 11.2 Å². The van der Waals surface area contributed by atoms with E-state index in [1.54, 1.807) is 0 Å². The quantitative estimate of drug-likeness (QED) is 0.730.